The van der Waals surface area contributed by atoms with Gasteiger partial charge >= 0.3 is 0 Å². The Hall–Kier alpha value is -3.07. The molecular formula is C18H16Cl2N6O2. The van der Waals surface area contributed by atoms with Crippen LogP contribution in [0.5, 0.6) is 11.5 Å². The van der Waals surface area contributed by atoms with E-state index in [-0.39, 0.29) is 27.3 Å². The first kappa shape index (κ1) is 19.7. The second-order valence-corrected chi connectivity index (χ2v) is 6.62. The predicted molar refractivity (Wildman–Crippen MR) is 109 cm³/mol. The lowest BCUT2D eigenvalue weighted by molar-refractivity contribution is 0.214. The molecule has 0 saturated heterocycles. The summed E-state index contributed by atoms with van der Waals surface area (Å²) >= 11 is 12.2. The zero-order valence-corrected chi connectivity index (χ0v) is 15.9. The van der Waals surface area contributed by atoms with E-state index < -0.39 is 6.23 Å². The molecular weight excluding hydrogens is 403 g/mol. The second-order valence-electron chi connectivity index (χ2n) is 5.81. The van der Waals surface area contributed by atoms with Crippen LogP contribution in [0.25, 0.3) is 0 Å². The molecule has 144 valence electrons. The van der Waals surface area contributed by atoms with Crippen molar-refractivity contribution >= 4 is 40.4 Å². The molecule has 0 fully saturated rings. The fourth-order valence-corrected chi connectivity index (χ4v) is 3.06. The predicted octanol–water partition coefficient (Wildman–Crippen LogP) is 3.11. The van der Waals surface area contributed by atoms with Crippen LogP contribution in [-0.4, -0.2) is 20.8 Å². The molecule has 0 amide bonds. The lowest BCUT2D eigenvalue weighted by Gasteiger charge is -2.18. The highest BCUT2D eigenvalue weighted by Crippen LogP contribution is 2.31. The highest BCUT2D eigenvalue weighted by atomic mass is 35.5. The van der Waals surface area contributed by atoms with Gasteiger partial charge in [0.1, 0.15) is 5.75 Å². The number of nitrogens with two attached hydrogens (primary N) is 3. The van der Waals surface area contributed by atoms with Crippen molar-refractivity contribution in [2.45, 2.75) is 6.23 Å². The van der Waals surface area contributed by atoms with Crippen LogP contribution in [0.1, 0.15) is 22.9 Å². The van der Waals surface area contributed by atoms with Crippen LogP contribution in [0.2, 0.25) is 10.0 Å². The van der Waals surface area contributed by atoms with Crippen LogP contribution in [0.3, 0.4) is 0 Å². The van der Waals surface area contributed by atoms with Gasteiger partial charge in [-0.1, -0.05) is 23.2 Å². The van der Waals surface area contributed by atoms with E-state index >= 15 is 0 Å². The Kier molecular flexibility index (Phi) is 5.55. The van der Waals surface area contributed by atoms with E-state index in [1.165, 1.54) is 24.7 Å². The van der Waals surface area contributed by atoms with Gasteiger partial charge in [-0.05, 0) is 24.3 Å². The van der Waals surface area contributed by atoms with Crippen molar-refractivity contribution in [3.8, 4) is 11.5 Å². The summed E-state index contributed by atoms with van der Waals surface area (Å²) < 4.78 is 5.73. The van der Waals surface area contributed by atoms with Gasteiger partial charge in [-0.3, -0.25) is 16.1 Å². The maximum absolute atomic E-state index is 9.73. The minimum absolute atomic E-state index is 0.0271. The minimum atomic E-state index is -0.962. The monoisotopic (exact) mass is 418 g/mol. The number of rotatable bonds is 5. The van der Waals surface area contributed by atoms with Crippen molar-refractivity contribution in [2.75, 3.05) is 11.5 Å². The number of aromatic hydroxyl groups is 1. The number of benzene rings is 1. The van der Waals surface area contributed by atoms with Gasteiger partial charge in [-0.2, -0.15) is 0 Å². The van der Waals surface area contributed by atoms with Crippen LogP contribution in [-0.2, 0) is 0 Å². The fourth-order valence-electron chi connectivity index (χ4n) is 2.48. The van der Waals surface area contributed by atoms with Crippen molar-refractivity contribution in [1.29, 1.82) is 5.41 Å². The third-order valence-corrected chi connectivity index (χ3v) is 4.52. The molecule has 0 aliphatic carbocycles. The van der Waals surface area contributed by atoms with Crippen molar-refractivity contribution in [3.05, 3.63) is 69.6 Å². The van der Waals surface area contributed by atoms with Crippen molar-refractivity contribution < 1.29 is 9.84 Å². The fraction of sp³-hybridized carbons (Fsp3) is 0.0556. The minimum Gasteiger partial charge on any atom is -0.504 e. The summed E-state index contributed by atoms with van der Waals surface area (Å²) in [5.74, 6) is 0.0916. The average Bonchev–Trinajstić information content (AvgIpc) is 2.65. The molecule has 10 heteroatoms. The molecule has 3 aromatic rings. The highest BCUT2D eigenvalue weighted by molar-refractivity contribution is 6.35. The van der Waals surface area contributed by atoms with E-state index in [1.54, 1.807) is 18.2 Å². The van der Waals surface area contributed by atoms with Gasteiger partial charge in [0.25, 0.3) is 0 Å². The van der Waals surface area contributed by atoms with Crippen molar-refractivity contribution in [2.24, 2.45) is 5.73 Å². The van der Waals surface area contributed by atoms with Gasteiger partial charge < -0.3 is 21.3 Å². The second kappa shape index (κ2) is 7.89. The maximum Gasteiger partial charge on any atom is 0.177 e. The first-order valence-electron chi connectivity index (χ1n) is 7.92. The van der Waals surface area contributed by atoms with E-state index in [0.29, 0.717) is 28.1 Å². The summed E-state index contributed by atoms with van der Waals surface area (Å²) in [5.41, 5.74) is 19.0. The van der Waals surface area contributed by atoms with E-state index in [4.69, 9.17) is 50.5 Å². The molecule has 0 unspecified atom stereocenters. The van der Waals surface area contributed by atoms with Crippen molar-refractivity contribution in [1.82, 2.24) is 9.97 Å². The number of nitrogens with one attached hydrogen (secondary N) is 1. The Labute approximate surface area is 170 Å². The molecule has 0 saturated carbocycles. The molecule has 0 bridgehead atoms. The van der Waals surface area contributed by atoms with Gasteiger partial charge in [-0.15, -0.1) is 0 Å². The van der Waals surface area contributed by atoms with Crippen LogP contribution in [0.4, 0.5) is 11.5 Å². The first-order chi connectivity index (χ1) is 13.3. The Morgan fingerprint density at radius 1 is 1.11 bits per heavy atom. The SMILES string of the molecule is N=C(c1cnc(N)c(O)c1)c1cc(O[C@H](N)c2c(Cl)cncc2Cl)ccc1N. The van der Waals surface area contributed by atoms with Gasteiger partial charge in [0.15, 0.2) is 17.8 Å². The molecule has 0 spiro atoms. The number of ether oxygens (including phenoxy) is 1. The summed E-state index contributed by atoms with van der Waals surface area (Å²) in [6, 6.07) is 6.06. The molecule has 2 heterocycles. The van der Waals surface area contributed by atoms with Gasteiger partial charge in [0, 0.05) is 41.0 Å². The molecule has 2 aromatic heterocycles. The molecule has 1 aromatic carbocycles. The molecule has 0 aliphatic rings. The highest BCUT2D eigenvalue weighted by Gasteiger charge is 2.18. The molecule has 3 rings (SSSR count). The normalized spacial score (nSPS) is 11.8. The number of nitrogen functional groups attached to an aromatic ring is 2. The Bertz CT molecular complexity index is 1040. The molecule has 8 nitrogen and oxygen atoms in total. The van der Waals surface area contributed by atoms with Gasteiger partial charge in [0.05, 0.1) is 15.8 Å². The summed E-state index contributed by atoms with van der Waals surface area (Å²) in [6.45, 7) is 0. The Morgan fingerprint density at radius 2 is 1.79 bits per heavy atom. The van der Waals surface area contributed by atoms with Crippen molar-refractivity contribution in [3.63, 3.8) is 0 Å². The molecule has 0 radical (unpaired) electrons. The first-order valence-corrected chi connectivity index (χ1v) is 8.68. The molecule has 0 aliphatic heterocycles. The van der Waals surface area contributed by atoms with E-state index in [1.807, 2.05) is 0 Å². The number of hydrogen-bond donors (Lipinski definition) is 5. The van der Waals surface area contributed by atoms with E-state index in [2.05, 4.69) is 9.97 Å². The standard InChI is InChI=1S/C18H16Cl2N6O2/c19-11-6-25-7-12(20)15(11)18(24)28-9-1-2-13(21)10(4-9)16(22)8-3-14(27)17(23)26-5-8/h1-7,18,22,27H,21,24H2,(H2,23,26)/t18-/m0/s1. The van der Waals surface area contributed by atoms with Crippen LogP contribution in [0, 0.1) is 5.41 Å². The average molecular weight is 419 g/mol. The zero-order chi connectivity index (χ0) is 20.4. The van der Waals surface area contributed by atoms with Crippen LogP contribution >= 0.6 is 23.2 Å². The smallest absolute Gasteiger partial charge is 0.177 e. The van der Waals surface area contributed by atoms with Gasteiger partial charge in [0.2, 0.25) is 0 Å². The quantitative estimate of drug-likeness (QED) is 0.242. The number of pyridine rings is 2. The van der Waals surface area contributed by atoms with Crippen LogP contribution < -0.4 is 21.9 Å². The lowest BCUT2D eigenvalue weighted by atomic mass is 10.0. The summed E-state index contributed by atoms with van der Waals surface area (Å²) in [7, 11) is 0. The number of nitrogens with zero attached hydrogens (tertiary/aromatic N) is 2. The zero-order valence-electron chi connectivity index (χ0n) is 14.4. The number of aromatic nitrogens is 2. The number of halogens is 2. The van der Waals surface area contributed by atoms with Crippen LogP contribution in [0.15, 0.2) is 42.9 Å². The number of hydrogen-bond acceptors (Lipinski definition) is 8. The van der Waals surface area contributed by atoms with Gasteiger partial charge in [-0.25, -0.2) is 4.98 Å². The number of anilines is 2. The molecule has 1 atom stereocenters. The Balaban J connectivity index is 1.91. The van der Waals surface area contributed by atoms with E-state index in [0.717, 1.165) is 0 Å². The lowest BCUT2D eigenvalue weighted by Crippen LogP contribution is -2.19. The third kappa shape index (κ3) is 3.94. The summed E-state index contributed by atoms with van der Waals surface area (Å²) in [5, 5.41) is 18.7. The molecule has 8 N–H and O–H groups in total. The summed E-state index contributed by atoms with van der Waals surface area (Å²) in [6.07, 6.45) is 3.23. The largest absolute Gasteiger partial charge is 0.504 e. The topological polar surface area (TPSA) is 157 Å². The third-order valence-electron chi connectivity index (χ3n) is 3.92. The van der Waals surface area contributed by atoms with E-state index in [9.17, 15) is 5.11 Å². The Morgan fingerprint density at radius 3 is 2.43 bits per heavy atom. The molecule has 28 heavy (non-hydrogen) atoms. The maximum atomic E-state index is 9.73. The summed E-state index contributed by atoms with van der Waals surface area (Å²) in [4.78, 5) is 7.72.